The Kier molecular flexibility index (Phi) is 4.75. The highest BCUT2D eigenvalue weighted by atomic mass is 35.5. The zero-order valence-corrected chi connectivity index (χ0v) is 16.3. The molecule has 138 valence electrons. The minimum Gasteiger partial charge on any atom is -0.338 e. The highest BCUT2D eigenvalue weighted by Gasteiger charge is 2.25. The van der Waals surface area contributed by atoms with Crippen LogP contribution >= 0.6 is 11.6 Å². The molecule has 1 aromatic heterocycles. The Balaban J connectivity index is 1.56. The largest absolute Gasteiger partial charge is 0.338 e. The first-order valence-corrected chi connectivity index (χ1v) is 9.53. The van der Waals surface area contributed by atoms with Crippen LogP contribution in [0.25, 0.3) is 11.1 Å². The Morgan fingerprint density at radius 3 is 2.33 bits per heavy atom. The maximum Gasteiger partial charge on any atom is 0.219 e. The first-order chi connectivity index (χ1) is 13.0. The number of amides is 1. The zero-order valence-electron chi connectivity index (χ0n) is 15.6. The van der Waals surface area contributed by atoms with Gasteiger partial charge >= 0.3 is 0 Å². The van der Waals surface area contributed by atoms with Crippen molar-refractivity contribution in [2.45, 2.75) is 26.3 Å². The van der Waals surface area contributed by atoms with E-state index in [1.165, 1.54) is 22.4 Å². The van der Waals surface area contributed by atoms with Crippen LogP contribution in [0.3, 0.4) is 0 Å². The lowest BCUT2D eigenvalue weighted by Crippen LogP contribution is -2.34. The molecule has 1 amide bonds. The van der Waals surface area contributed by atoms with Crippen molar-refractivity contribution in [2.24, 2.45) is 7.05 Å². The van der Waals surface area contributed by atoms with Crippen molar-refractivity contribution in [3.05, 3.63) is 76.1 Å². The molecule has 5 heteroatoms. The summed E-state index contributed by atoms with van der Waals surface area (Å²) in [4.78, 5) is 13.7. The monoisotopic (exact) mass is 379 g/mol. The van der Waals surface area contributed by atoms with E-state index < -0.39 is 0 Å². The van der Waals surface area contributed by atoms with Gasteiger partial charge in [-0.05, 0) is 28.8 Å². The van der Waals surface area contributed by atoms with E-state index in [1.807, 2.05) is 40.9 Å². The maximum atomic E-state index is 11.8. The molecule has 2 heterocycles. The van der Waals surface area contributed by atoms with Crippen molar-refractivity contribution in [1.29, 1.82) is 0 Å². The third-order valence-corrected chi connectivity index (χ3v) is 5.53. The molecule has 4 rings (SSSR count). The lowest BCUT2D eigenvalue weighted by atomic mass is 9.99. The van der Waals surface area contributed by atoms with Crippen LogP contribution in [0.1, 0.15) is 29.4 Å². The van der Waals surface area contributed by atoms with Gasteiger partial charge in [0, 0.05) is 56.2 Å². The Morgan fingerprint density at radius 2 is 1.70 bits per heavy atom. The predicted octanol–water partition coefficient (Wildman–Crippen LogP) is 4.24. The minimum absolute atomic E-state index is 0.128. The van der Waals surface area contributed by atoms with E-state index in [4.69, 9.17) is 16.7 Å². The number of fused-ring (bicyclic) bond motifs is 1. The normalized spacial score (nSPS) is 13.5. The fourth-order valence-electron chi connectivity index (χ4n) is 3.73. The van der Waals surface area contributed by atoms with Gasteiger partial charge in [0.2, 0.25) is 5.91 Å². The molecule has 0 saturated heterocycles. The molecule has 0 saturated carbocycles. The van der Waals surface area contributed by atoms with Crippen LogP contribution in [-0.4, -0.2) is 27.1 Å². The van der Waals surface area contributed by atoms with E-state index in [9.17, 15) is 4.79 Å². The highest BCUT2D eigenvalue weighted by molar-refractivity contribution is 6.30. The highest BCUT2D eigenvalue weighted by Crippen LogP contribution is 2.26. The van der Waals surface area contributed by atoms with E-state index in [1.54, 1.807) is 6.92 Å². The third-order valence-electron chi connectivity index (χ3n) is 5.27. The van der Waals surface area contributed by atoms with Gasteiger partial charge in [0.05, 0.1) is 5.69 Å². The van der Waals surface area contributed by atoms with Crippen molar-refractivity contribution in [2.75, 3.05) is 6.54 Å². The van der Waals surface area contributed by atoms with Gasteiger partial charge in [0.25, 0.3) is 0 Å². The molecule has 0 N–H and O–H groups in total. The topological polar surface area (TPSA) is 38.1 Å². The number of carbonyl (C=O) groups excluding carboxylic acids is 1. The van der Waals surface area contributed by atoms with Crippen LogP contribution in [0.15, 0.2) is 48.5 Å². The maximum absolute atomic E-state index is 11.8. The van der Waals surface area contributed by atoms with Gasteiger partial charge in [0.15, 0.2) is 0 Å². The van der Waals surface area contributed by atoms with Crippen LogP contribution in [0, 0.1) is 0 Å². The molecule has 0 unspecified atom stereocenters. The molecule has 0 bridgehead atoms. The van der Waals surface area contributed by atoms with Crippen molar-refractivity contribution in [3.8, 4) is 11.1 Å². The summed E-state index contributed by atoms with van der Waals surface area (Å²) in [6, 6.07) is 16.4. The minimum atomic E-state index is 0.128. The summed E-state index contributed by atoms with van der Waals surface area (Å²) in [6.07, 6.45) is 1.64. The summed E-state index contributed by atoms with van der Waals surface area (Å²) in [5, 5.41) is 5.48. The molecule has 27 heavy (non-hydrogen) atoms. The van der Waals surface area contributed by atoms with Crippen LogP contribution in [0.2, 0.25) is 5.02 Å². The van der Waals surface area contributed by atoms with Crippen LogP contribution < -0.4 is 0 Å². The summed E-state index contributed by atoms with van der Waals surface area (Å²) in [6.45, 7) is 3.07. The molecule has 4 nitrogen and oxygen atoms in total. The number of rotatable bonds is 3. The molecule has 0 fully saturated rings. The van der Waals surface area contributed by atoms with E-state index in [0.29, 0.717) is 6.54 Å². The second kappa shape index (κ2) is 7.20. The fourth-order valence-corrected chi connectivity index (χ4v) is 3.86. The average Bonchev–Trinajstić information content (AvgIpc) is 2.98. The Hall–Kier alpha value is -2.59. The summed E-state index contributed by atoms with van der Waals surface area (Å²) >= 11 is 5.97. The quantitative estimate of drug-likeness (QED) is 0.682. The van der Waals surface area contributed by atoms with Crippen molar-refractivity contribution >= 4 is 17.5 Å². The van der Waals surface area contributed by atoms with Crippen LogP contribution in [0.5, 0.6) is 0 Å². The van der Waals surface area contributed by atoms with Crippen molar-refractivity contribution in [1.82, 2.24) is 14.7 Å². The number of carbonyl (C=O) groups is 1. The fraction of sp³-hybridized carbons (Fsp3) is 0.273. The Bertz CT molecular complexity index is 974. The lowest BCUT2D eigenvalue weighted by Gasteiger charge is -2.26. The second-order valence-corrected chi connectivity index (χ2v) is 7.50. The molecule has 1 aliphatic rings. The van der Waals surface area contributed by atoms with Gasteiger partial charge in [-0.1, -0.05) is 48.0 Å². The number of aromatic nitrogens is 2. The van der Waals surface area contributed by atoms with Gasteiger partial charge in [-0.3, -0.25) is 9.48 Å². The van der Waals surface area contributed by atoms with E-state index in [0.717, 1.165) is 35.7 Å². The van der Waals surface area contributed by atoms with Gasteiger partial charge in [-0.2, -0.15) is 5.10 Å². The number of hydrogen-bond acceptors (Lipinski definition) is 2. The second-order valence-electron chi connectivity index (χ2n) is 7.07. The van der Waals surface area contributed by atoms with Gasteiger partial charge in [-0.15, -0.1) is 0 Å². The molecule has 0 radical (unpaired) electrons. The van der Waals surface area contributed by atoms with E-state index in [-0.39, 0.29) is 5.91 Å². The summed E-state index contributed by atoms with van der Waals surface area (Å²) < 4.78 is 1.98. The molecular formula is C22H22ClN3O. The number of nitrogens with zero attached hydrogens (tertiary/aromatic N) is 3. The number of aryl methyl sites for hydroxylation is 1. The van der Waals surface area contributed by atoms with Gasteiger partial charge in [-0.25, -0.2) is 0 Å². The first-order valence-electron chi connectivity index (χ1n) is 9.15. The third kappa shape index (κ3) is 3.62. The number of hydrogen-bond donors (Lipinski definition) is 0. The molecule has 0 spiro atoms. The van der Waals surface area contributed by atoms with Crippen molar-refractivity contribution in [3.63, 3.8) is 0 Å². The predicted molar refractivity (Wildman–Crippen MR) is 108 cm³/mol. The summed E-state index contributed by atoms with van der Waals surface area (Å²) in [7, 11) is 2.00. The Morgan fingerprint density at radius 1 is 1.07 bits per heavy atom. The van der Waals surface area contributed by atoms with E-state index in [2.05, 4.69) is 24.3 Å². The zero-order chi connectivity index (χ0) is 19.0. The van der Waals surface area contributed by atoms with Crippen molar-refractivity contribution < 1.29 is 4.79 Å². The average molecular weight is 380 g/mol. The van der Waals surface area contributed by atoms with Crippen LogP contribution in [0.4, 0.5) is 0 Å². The lowest BCUT2D eigenvalue weighted by molar-refractivity contribution is -0.129. The SMILES string of the molecule is CC(=O)N1CCc2c(c(Cc3ccc(-c4ccc(Cl)cc4)cc3)nn2C)C1. The molecule has 0 aliphatic carbocycles. The first kappa shape index (κ1) is 17.8. The van der Waals surface area contributed by atoms with E-state index >= 15 is 0 Å². The summed E-state index contributed by atoms with van der Waals surface area (Å²) in [5.41, 5.74) is 7.06. The standard InChI is InChI=1S/C22H22ClN3O/c1-15(27)26-12-11-22-20(14-26)21(24-25(22)2)13-16-3-5-17(6-4-16)18-7-9-19(23)10-8-18/h3-10H,11-14H2,1-2H3. The number of halogens is 1. The van der Waals surface area contributed by atoms with Crippen LogP contribution in [-0.2, 0) is 31.2 Å². The molecule has 2 aromatic carbocycles. The molecular weight excluding hydrogens is 358 g/mol. The molecule has 1 aliphatic heterocycles. The molecule has 3 aromatic rings. The van der Waals surface area contributed by atoms with Gasteiger partial charge in [0.1, 0.15) is 0 Å². The smallest absolute Gasteiger partial charge is 0.219 e. The van der Waals surface area contributed by atoms with Gasteiger partial charge < -0.3 is 4.90 Å². The summed E-state index contributed by atoms with van der Waals surface area (Å²) in [5.74, 6) is 0.128. The Labute approximate surface area is 164 Å². The molecule has 0 atom stereocenters. The number of benzene rings is 2.